The summed E-state index contributed by atoms with van der Waals surface area (Å²) in [7, 11) is 0. The van der Waals surface area contributed by atoms with Crippen LogP contribution in [0, 0.1) is 0 Å². The van der Waals surface area contributed by atoms with Crippen LogP contribution in [0.15, 0.2) is 16.7 Å². The number of ketones is 1. The van der Waals surface area contributed by atoms with E-state index in [1.807, 2.05) is 0 Å². The van der Waals surface area contributed by atoms with Crippen LogP contribution in [0.1, 0.15) is 56.6 Å². The van der Waals surface area contributed by atoms with Gasteiger partial charge in [0.05, 0.1) is 5.56 Å². The first-order chi connectivity index (χ1) is 11.2. The van der Waals surface area contributed by atoms with Crippen LogP contribution in [0.4, 0.5) is 13.2 Å². The molecule has 2 heterocycles. The number of aromatic nitrogens is 2. The number of pyridine rings is 1. The van der Waals surface area contributed by atoms with Crippen molar-refractivity contribution in [1.29, 1.82) is 0 Å². The number of hydrogen-bond donors (Lipinski definition) is 1. The van der Waals surface area contributed by atoms with Gasteiger partial charge in [0.25, 0.3) is 0 Å². The molecule has 1 fully saturated rings. The van der Waals surface area contributed by atoms with E-state index in [4.69, 9.17) is 21.2 Å². The van der Waals surface area contributed by atoms with Crippen molar-refractivity contribution < 1.29 is 32.4 Å². The molecule has 0 spiro atoms. The molecule has 1 aliphatic rings. The number of aromatic carboxylic acids is 1. The molecule has 24 heavy (non-hydrogen) atoms. The molecule has 0 amide bonds. The van der Waals surface area contributed by atoms with E-state index in [-0.39, 0.29) is 11.7 Å². The maximum absolute atomic E-state index is 13.1. The molecule has 126 valence electrons. The van der Waals surface area contributed by atoms with E-state index in [1.54, 1.807) is 0 Å². The summed E-state index contributed by atoms with van der Waals surface area (Å²) in [4.78, 5) is 27.0. The Morgan fingerprint density at radius 2 is 1.96 bits per heavy atom. The largest absolute Gasteiger partial charge is 0.476 e. The summed E-state index contributed by atoms with van der Waals surface area (Å²) in [5, 5.41) is 12.0. The summed E-state index contributed by atoms with van der Waals surface area (Å²) in [6, 6.07) is 1.88. The van der Waals surface area contributed by atoms with Crippen LogP contribution in [0.2, 0.25) is 5.15 Å². The van der Waals surface area contributed by atoms with Crippen LogP contribution >= 0.6 is 11.6 Å². The van der Waals surface area contributed by atoms with Gasteiger partial charge in [0.2, 0.25) is 11.5 Å². The predicted molar refractivity (Wildman–Crippen MR) is 73.1 cm³/mol. The Morgan fingerprint density at radius 1 is 1.29 bits per heavy atom. The fourth-order valence-electron chi connectivity index (χ4n) is 2.26. The highest BCUT2D eigenvalue weighted by Crippen LogP contribution is 2.43. The lowest BCUT2D eigenvalue weighted by Gasteiger charge is -2.11. The highest BCUT2D eigenvalue weighted by molar-refractivity contribution is 6.29. The molecule has 2 aromatic rings. The Labute approximate surface area is 137 Å². The van der Waals surface area contributed by atoms with E-state index >= 15 is 0 Å². The number of carboxylic acids is 1. The second kappa shape index (κ2) is 5.59. The van der Waals surface area contributed by atoms with Gasteiger partial charge in [-0.25, -0.2) is 9.78 Å². The Bertz CT molecular complexity index is 843. The lowest BCUT2D eigenvalue weighted by atomic mass is 9.98. The molecular weight excluding hydrogens is 353 g/mol. The molecule has 2 aromatic heterocycles. The Morgan fingerprint density at radius 3 is 2.50 bits per heavy atom. The maximum atomic E-state index is 13.1. The van der Waals surface area contributed by atoms with Gasteiger partial charge in [0.1, 0.15) is 10.7 Å². The van der Waals surface area contributed by atoms with Crippen molar-refractivity contribution in [2.24, 2.45) is 0 Å². The van der Waals surface area contributed by atoms with E-state index in [0.29, 0.717) is 12.8 Å². The molecule has 0 unspecified atom stereocenters. The molecule has 0 aliphatic heterocycles. The molecule has 0 saturated heterocycles. The van der Waals surface area contributed by atoms with Crippen molar-refractivity contribution >= 4 is 23.4 Å². The minimum absolute atomic E-state index is 0.0134. The van der Waals surface area contributed by atoms with Crippen LogP contribution in [0.25, 0.3) is 0 Å². The number of carboxylic acid groups (broad SMARTS) is 1. The van der Waals surface area contributed by atoms with Crippen LogP contribution in [0.3, 0.4) is 0 Å². The third-order valence-electron chi connectivity index (χ3n) is 3.47. The van der Waals surface area contributed by atoms with E-state index in [2.05, 4.69) is 10.1 Å². The number of halogens is 4. The maximum Gasteiger partial charge on any atom is 0.434 e. The Kier molecular flexibility index (Phi) is 3.83. The number of carbonyl (C=O) groups is 2. The molecule has 1 saturated carbocycles. The summed E-state index contributed by atoms with van der Waals surface area (Å²) in [6.45, 7) is 0. The number of nitrogens with zero attached hydrogens (tertiary/aromatic N) is 2. The quantitative estimate of drug-likeness (QED) is 0.662. The average Bonchev–Trinajstić information content (AvgIpc) is 3.23. The molecule has 1 N–H and O–H groups in total. The zero-order valence-corrected chi connectivity index (χ0v) is 12.5. The van der Waals surface area contributed by atoms with Crippen LogP contribution in [-0.2, 0) is 6.18 Å². The van der Waals surface area contributed by atoms with Crippen molar-refractivity contribution in [2.75, 3.05) is 0 Å². The first kappa shape index (κ1) is 16.4. The van der Waals surface area contributed by atoms with Crippen molar-refractivity contribution in [3.63, 3.8) is 0 Å². The third kappa shape index (κ3) is 2.86. The van der Waals surface area contributed by atoms with Crippen molar-refractivity contribution in [3.05, 3.63) is 45.6 Å². The zero-order valence-electron chi connectivity index (χ0n) is 11.7. The first-order valence-corrected chi connectivity index (χ1v) is 7.09. The van der Waals surface area contributed by atoms with Gasteiger partial charge in [-0.15, -0.1) is 0 Å². The van der Waals surface area contributed by atoms with Gasteiger partial charge in [-0.1, -0.05) is 16.8 Å². The fraction of sp³-hybridized carbons (Fsp3) is 0.286. The lowest BCUT2D eigenvalue weighted by Crippen LogP contribution is -2.18. The predicted octanol–water partition coefficient (Wildman–Crippen LogP) is 3.55. The average molecular weight is 361 g/mol. The smallest absolute Gasteiger partial charge is 0.434 e. The highest BCUT2D eigenvalue weighted by atomic mass is 35.5. The van der Waals surface area contributed by atoms with Gasteiger partial charge in [0, 0.05) is 5.92 Å². The molecule has 10 heteroatoms. The van der Waals surface area contributed by atoms with Crippen LogP contribution < -0.4 is 0 Å². The summed E-state index contributed by atoms with van der Waals surface area (Å²) in [5.74, 6) is -2.96. The lowest BCUT2D eigenvalue weighted by molar-refractivity contribution is -0.141. The number of hydrogen-bond acceptors (Lipinski definition) is 5. The van der Waals surface area contributed by atoms with Crippen molar-refractivity contribution in [2.45, 2.75) is 24.9 Å². The summed E-state index contributed by atoms with van der Waals surface area (Å²) < 4.78 is 44.3. The summed E-state index contributed by atoms with van der Waals surface area (Å²) in [5.41, 5.74) is -3.48. The first-order valence-electron chi connectivity index (χ1n) is 6.71. The molecular formula is C14H8ClF3N2O4. The summed E-state index contributed by atoms with van der Waals surface area (Å²) >= 11 is 5.48. The minimum atomic E-state index is -4.93. The van der Waals surface area contributed by atoms with Gasteiger partial charge in [0.15, 0.2) is 11.5 Å². The zero-order chi connectivity index (χ0) is 17.6. The normalized spacial score (nSPS) is 14.7. The van der Waals surface area contributed by atoms with Crippen molar-refractivity contribution in [3.8, 4) is 0 Å². The molecule has 0 atom stereocenters. The third-order valence-corrected chi connectivity index (χ3v) is 3.68. The molecule has 0 radical (unpaired) electrons. The topological polar surface area (TPSA) is 93.3 Å². The van der Waals surface area contributed by atoms with Gasteiger partial charge >= 0.3 is 12.1 Å². The van der Waals surface area contributed by atoms with Gasteiger partial charge in [-0.2, -0.15) is 13.2 Å². The van der Waals surface area contributed by atoms with Gasteiger partial charge < -0.3 is 9.63 Å². The molecule has 1 aliphatic carbocycles. The Hall–Kier alpha value is -2.42. The Balaban J connectivity index is 2.17. The minimum Gasteiger partial charge on any atom is -0.476 e. The second-order valence-corrected chi connectivity index (χ2v) is 5.59. The molecule has 0 bridgehead atoms. The van der Waals surface area contributed by atoms with E-state index in [0.717, 1.165) is 12.1 Å². The molecule has 6 nitrogen and oxygen atoms in total. The van der Waals surface area contributed by atoms with E-state index in [9.17, 15) is 22.8 Å². The molecule has 0 aromatic carbocycles. The second-order valence-electron chi connectivity index (χ2n) is 5.21. The number of alkyl halides is 3. The van der Waals surface area contributed by atoms with E-state index in [1.165, 1.54) is 0 Å². The van der Waals surface area contributed by atoms with E-state index < -0.39 is 45.6 Å². The SMILES string of the molecule is O=C(O)c1noc(C2CC2)c1C(=O)c1ccc(Cl)nc1C(F)(F)F. The summed E-state index contributed by atoms with van der Waals surface area (Å²) in [6.07, 6.45) is -3.66. The fourth-order valence-corrected chi connectivity index (χ4v) is 2.41. The standard InChI is InChI=1S/C14H8ClF3N2O4/c15-7-4-3-6(12(19-7)14(16,17)18)10(21)8-9(13(22)23)20-24-11(8)5-1-2-5/h3-5H,1-2H2,(H,22,23). The van der Waals surface area contributed by atoms with Crippen LogP contribution in [0.5, 0.6) is 0 Å². The monoisotopic (exact) mass is 360 g/mol. The van der Waals surface area contributed by atoms with Crippen LogP contribution in [-0.4, -0.2) is 27.0 Å². The molecule has 3 rings (SSSR count). The van der Waals surface area contributed by atoms with Gasteiger partial charge in [-0.05, 0) is 25.0 Å². The van der Waals surface area contributed by atoms with Crippen molar-refractivity contribution in [1.82, 2.24) is 10.1 Å². The van der Waals surface area contributed by atoms with Gasteiger partial charge in [-0.3, -0.25) is 4.79 Å². The number of rotatable bonds is 4. The highest BCUT2D eigenvalue weighted by Gasteiger charge is 2.42. The number of carbonyl (C=O) groups excluding carboxylic acids is 1.